The van der Waals surface area contributed by atoms with Gasteiger partial charge in [0.05, 0.1) is 6.61 Å². The fourth-order valence-corrected chi connectivity index (χ4v) is 1.21. The third-order valence-electron chi connectivity index (χ3n) is 2.25. The van der Waals surface area contributed by atoms with Gasteiger partial charge in [-0.2, -0.15) is 4.98 Å². The number of aryl methyl sites for hydroxylation is 1. The molecule has 2 N–H and O–H groups in total. The van der Waals surface area contributed by atoms with Gasteiger partial charge in [-0.1, -0.05) is 6.92 Å². The molecule has 0 amide bonds. The fraction of sp³-hybridized carbons (Fsp3) is 0.600. The van der Waals surface area contributed by atoms with Crippen LogP contribution in [0.4, 0.5) is 5.82 Å². The van der Waals surface area contributed by atoms with Crippen LogP contribution in [0.15, 0.2) is 6.07 Å². The van der Waals surface area contributed by atoms with E-state index in [1.165, 1.54) is 12.8 Å². The van der Waals surface area contributed by atoms with Crippen molar-refractivity contribution in [3.8, 4) is 5.88 Å². The molecule has 1 saturated carbocycles. The van der Waals surface area contributed by atoms with Gasteiger partial charge in [0.2, 0.25) is 5.88 Å². The van der Waals surface area contributed by atoms with E-state index in [2.05, 4.69) is 9.97 Å². The Morgan fingerprint density at radius 2 is 2.29 bits per heavy atom. The van der Waals surface area contributed by atoms with Crippen molar-refractivity contribution in [1.29, 1.82) is 0 Å². The number of nitrogen functional groups attached to an aromatic ring is 1. The average molecular weight is 193 g/mol. The van der Waals surface area contributed by atoms with Gasteiger partial charge in [0, 0.05) is 12.5 Å². The summed E-state index contributed by atoms with van der Waals surface area (Å²) in [6.07, 6.45) is 3.34. The molecule has 0 spiro atoms. The van der Waals surface area contributed by atoms with E-state index < -0.39 is 0 Å². The molecule has 1 aliphatic rings. The molecular weight excluding hydrogens is 178 g/mol. The molecule has 76 valence electrons. The second-order valence-electron chi connectivity index (χ2n) is 3.66. The highest BCUT2D eigenvalue weighted by Gasteiger charge is 2.22. The first-order chi connectivity index (χ1) is 6.78. The third kappa shape index (κ3) is 2.34. The lowest BCUT2D eigenvalue weighted by atomic mass is 10.4. The summed E-state index contributed by atoms with van der Waals surface area (Å²) in [7, 11) is 0. The van der Waals surface area contributed by atoms with Crippen LogP contribution in [-0.2, 0) is 6.42 Å². The Bertz CT molecular complexity index is 323. The smallest absolute Gasteiger partial charge is 0.218 e. The molecule has 4 heteroatoms. The molecule has 1 aromatic heterocycles. The lowest BCUT2D eigenvalue weighted by molar-refractivity contribution is 0.287. The minimum absolute atomic E-state index is 0.489. The van der Waals surface area contributed by atoms with Crippen LogP contribution in [0.25, 0.3) is 0 Å². The van der Waals surface area contributed by atoms with Gasteiger partial charge in [0.25, 0.3) is 0 Å². The fourth-order valence-electron chi connectivity index (χ4n) is 1.21. The van der Waals surface area contributed by atoms with Crippen LogP contribution in [0.5, 0.6) is 5.88 Å². The first kappa shape index (κ1) is 9.24. The van der Waals surface area contributed by atoms with E-state index in [-0.39, 0.29) is 0 Å². The zero-order valence-corrected chi connectivity index (χ0v) is 8.36. The van der Waals surface area contributed by atoms with E-state index >= 15 is 0 Å². The van der Waals surface area contributed by atoms with Gasteiger partial charge in [0.15, 0.2) is 0 Å². The molecule has 0 bridgehead atoms. The van der Waals surface area contributed by atoms with Crippen LogP contribution in [0.2, 0.25) is 0 Å². The average Bonchev–Trinajstić information content (AvgIpc) is 2.97. The summed E-state index contributed by atoms with van der Waals surface area (Å²) in [5.41, 5.74) is 5.63. The Hall–Kier alpha value is -1.32. The van der Waals surface area contributed by atoms with E-state index in [0.717, 1.165) is 24.8 Å². The Kier molecular flexibility index (Phi) is 2.52. The highest BCUT2D eigenvalue weighted by atomic mass is 16.5. The summed E-state index contributed by atoms with van der Waals surface area (Å²) < 4.78 is 5.52. The van der Waals surface area contributed by atoms with Crippen LogP contribution in [-0.4, -0.2) is 16.6 Å². The number of nitrogens with zero attached hydrogens (tertiary/aromatic N) is 2. The molecule has 1 heterocycles. The van der Waals surface area contributed by atoms with Gasteiger partial charge in [0.1, 0.15) is 11.6 Å². The molecule has 0 aromatic carbocycles. The first-order valence-corrected chi connectivity index (χ1v) is 5.04. The highest BCUT2D eigenvalue weighted by Crippen LogP contribution is 2.29. The lowest BCUT2D eigenvalue weighted by Crippen LogP contribution is -2.05. The molecule has 0 atom stereocenters. The van der Waals surface area contributed by atoms with Crippen molar-refractivity contribution in [2.24, 2.45) is 5.92 Å². The summed E-state index contributed by atoms with van der Waals surface area (Å²) in [6, 6.07) is 1.68. The number of ether oxygens (including phenoxy) is 1. The summed E-state index contributed by atoms with van der Waals surface area (Å²) >= 11 is 0. The molecule has 2 rings (SSSR count). The molecule has 0 aliphatic heterocycles. The molecule has 14 heavy (non-hydrogen) atoms. The number of nitrogens with two attached hydrogens (primary N) is 1. The minimum atomic E-state index is 0.489. The number of hydrogen-bond acceptors (Lipinski definition) is 4. The summed E-state index contributed by atoms with van der Waals surface area (Å²) in [5.74, 6) is 2.58. The van der Waals surface area contributed by atoms with Crippen molar-refractivity contribution >= 4 is 5.82 Å². The number of hydrogen-bond donors (Lipinski definition) is 1. The summed E-state index contributed by atoms with van der Waals surface area (Å²) in [6.45, 7) is 2.76. The Balaban J connectivity index is 2.03. The monoisotopic (exact) mass is 193 g/mol. The standard InChI is InChI=1S/C10H15N3O/c1-2-9-12-8(11)5-10(13-9)14-6-7-3-4-7/h5,7H,2-4,6H2,1H3,(H2,11,12,13). The Labute approximate surface area is 83.5 Å². The predicted octanol–water partition coefficient (Wildman–Crippen LogP) is 1.41. The zero-order chi connectivity index (χ0) is 9.97. The van der Waals surface area contributed by atoms with Gasteiger partial charge in [-0.15, -0.1) is 0 Å². The van der Waals surface area contributed by atoms with Crippen molar-refractivity contribution in [3.05, 3.63) is 11.9 Å². The second kappa shape index (κ2) is 3.82. The van der Waals surface area contributed by atoms with Crippen LogP contribution in [0.3, 0.4) is 0 Å². The molecule has 1 aliphatic carbocycles. The van der Waals surface area contributed by atoms with Crippen molar-refractivity contribution in [1.82, 2.24) is 9.97 Å². The van der Waals surface area contributed by atoms with Crippen LogP contribution >= 0.6 is 0 Å². The maximum absolute atomic E-state index is 5.63. The molecule has 4 nitrogen and oxygen atoms in total. The first-order valence-electron chi connectivity index (χ1n) is 5.04. The van der Waals surface area contributed by atoms with Gasteiger partial charge >= 0.3 is 0 Å². The van der Waals surface area contributed by atoms with Crippen molar-refractivity contribution < 1.29 is 4.74 Å². The molecule has 0 unspecified atom stereocenters. The maximum Gasteiger partial charge on any atom is 0.218 e. The lowest BCUT2D eigenvalue weighted by Gasteiger charge is -2.05. The highest BCUT2D eigenvalue weighted by molar-refractivity contribution is 5.32. The molecular formula is C10H15N3O. The molecule has 1 fully saturated rings. The zero-order valence-electron chi connectivity index (χ0n) is 8.36. The van der Waals surface area contributed by atoms with E-state index in [0.29, 0.717) is 11.7 Å². The van der Waals surface area contributed by atoms with E-state index in [4.69, 9.17) is 10.5 Å². The van der Waals surface area contributed by atoms with Gasteiger partial charge < -0.3 is 10.5 Å². The number of anilines is 1. The Morgan fingerprint density at radius 1 is 1.50 bits per heavy atom. The van der Waals surface area contributed by atoms with E-state index in [1.54, 1.807) is 6.07 Å². The van der Waals surface area contributed by atoms with Crippen LogP contribution in [0, 0.1) is 5.92 Å². The number of aromatic nitrogens is 2. The van der Waals surface area contributed by atoms with Crippen molar-refractivity contribution in [2.75, 3.05) is 12.3 Å². The largest absolute Gasteiger partial charge is 0.477 e. The predicted molar refractivity (Wildman–Crippen MR) is 54.0 cm³/mol. The summed E-state index contributed by atoms with van der Waals surface area (Å²) in [4.78, 5) is 8.32. The van der Waals surface area contributed by atoms with E-state index in [1.807, 2.05) is 6.92 Å². The number of rotatable bonds is 4. The maximum atomic E-state index is 5.63. The van der Waals surface area contributed by atoms with E-state index in [9.17, 15) is 0 Å². The van der Waals surface area contributed by atoms with Gasteiger partial charge in [-0.25, -0.2) is 4.98 Å². The molecule has 0 radical (unpaired) electrons. The van der Waals surface area contributed by atoms with Crippen LogP contribution < -0.4 is 10.5 Å². The second-order valence-corrected chi connectivity index (χ2v) is 3.66. The minimum Gasteiger partial charge on any atom is -0.477 e. The van der Waals surface area contributed by atoms with Crippen LogP contribution in [0.1, 0.15) is 25.6 Å². The molecule has 0 saturated heterocycles. The quantitative estimate of drug-likeness (QED) is 0.785. The van der Waals surface area contributed by atoms with Gasteiger partial charge in [-0.3, -0.25) is 0 Å². The van der Waals surface area contributed by atoms with Crippen molar-refractivity contribution in [2.45, 2.75) is 26.2 Å². The normalized spacial score (nSPS) is 15.5. The summed E-state index contributed by atoms with van der Waals surface area (Å²) in [5, 5.41) is 0. The third-order valence-corrected chi connectivity index (χ3v) is 2.25. The molecule has 1 aromatic rings. The topological polar surface area (TPSA) is 61.0 Å². The van der Waals surface area contributed by atoms with Gasteiger partial charge in [-0.05, 0) is 18.8 Å². The van der Waals surface area contributed by atoms with Crippen molar-refractivity contribution in [3.63, 3.8) is 0 Å². The Morgan fingerprint density at radius 3 is 2.93 bits per heavy atom. The SMILES string of the molecule is CCc1nc(N)cc(OCC2CC2)n1.